The van der Waals surface area contributed by atoms with Crippen molar-refractivity contribution < 1.29 is 32.3 Å². The van der Waals surface area contributed by atoms with Crippen molar-refractivity contribution in [1.82, 2.24) is 24.6 Å². The Bertz CT molecular complexity index is 1170. The number of alkyl carbamates (subject to hydrolysis) is 1. The number of allylic oxidation sites excluding steroid dienone is 1. The number of carbonyl (C=O) groups is 4. The minimum atomic E-state index is -4.30. The smallest absolute Gasteiger partial charge is 0.408 e. The van der Waals surface area contributed by atoms with Gasteiger partial charge in [0.2, 0.25) is 11.8 Å². The predicted octanol–water partition coefficient (Wildman–Crippen LogP) is 1.08. The molecule has 3 rings (SSSR count). The standard InChI is InChI=1S/C26H40N6O7S/c1-25(2,3)39-24(36)28-19-12-9-7-5-6-8-11-18-17-26(18,23(35)30-40(37,38)31(4)16-14-27)29-21(33)20-13-10-15-32(20)22(19)34/h8,11,18-20H,5-7,9-10,12-13,15-17H2,1-4H3,(H,28,36)(H,29,33)(H,30,35)/b11-8-/t18-,19-,20-,26+/m0/s1. The topological polar surface area (TPSA) is 178 Å². The summed E-state index contributed by atoms with van der Waals surface area (Å²) < 4.78 is 33.2. The zero-order chi connectivity index (χ0) is 29.7. The van der Waals surface area contributed by atoms with Crippen LogP contribution in [0.25, 0.3) is 0 Å². The molecule has 14 heteroatoms. The summed E-state index contributed by atoms with van der Waals surface area (Å²) in [6, 6.07) is -0.0458. The summed E-state index contributed by atoms with van der Waals surface area (Å²) in [6.45, 7) is 5.03. The molecule has 3 aliphatic rings. The van der Waals surface area contributed by atoms with Crippen LogP contribution in [-0.4, -0.2) is 84.8 Å². The lowest BCUT2D eigenvalue weighted by Crippen LogP contribution is -2.59. The quantitative estimate of drug-likeness (QED) is 0.319. The van der Waals surface area contributed by atoms with Crippen molar-refractivity contribution in [3.8, 4) is 6.07 Å². The first-order valence-corrected chi connectivity index (χ1v) is 15.1. The van der Waals surface area contributed by atoms with Crippen LogP contribution < -0.4 is 15.4 Å². The van der Waals surface area contributed by atoms with Gasteiger partial charge in [-0.3, -0.25) is 14.4 Å². The van der Waals surface area contributed by atoms with Crippen LogP contribution in [0.3, 0.4) is 0 Å². The Morgan fingerprint density at radius 1 is 1.23 bits per heavy atom. The van der Waals surface area contributed by atoms with Gasteiger partial charge >= 0.3 is 16.3 Å². The van der Waals surface area contributed by atoms with Crippen LogP contribution in [0.1, 0.15) is 72.1 Å². The van der Waals surface area contributed by atoms with E-state index in [-0.39, 0.29) is 6.42 Å². The normalized spacial score (nSPS) is 28.6. The molecule has 1 saturated carbocycles. The Hall–Kier alpha value is -3.18. The number of nitrogens with zero attached hydrogens (tertiary/aromatic N) is 3. The first kappa shape index (κ1) is 31.3. The lowest BCUT2D eigenvalue weighted by molar-refractivity contribution is -0.141. The molecule has 0 aromatic carbocycles. The van der Waals surface area contributed by atoms with E-state index in [1.165, 1.54) is 11.9 Å². The van der Waals surface area contributed by atoms with Gasteiger partial charge in [-0.1, -0.05) is 25.0 Å². The zero-order valence-corrected chi connectivity index (χ0v) is 24.4. The van der Waals surface area contributed by atoms with Crippen molar-refractivity contribution in [1.29, 1.82) is 5.26 Å². The maximum Gasteiger partial charge on any atom is 0.408 e. The molecule has 1 saturated heterocycles. The number of carbonyl (C=O) groups excluding carboxylic acids is 4. The molecule has 4 atom stereocenters. The van der Waals surface area contributed by atoms with E-state index in [4.69, 9.17) is 10.00 Å². The molecule has 2 heterocycles. The molecular weight excluding hydrogens is 540 g/mol. The molecule has 0 spiro atoms. The van der Waals surface area contributed by atoms with Gasteiger partial charge in [0.15, 0.2) is 0 Å². The molecule has 0 unspecified atom stereocenters. The van der Waals surface area contributed by atoms with E-state index in [2.05, 4.69) is 10.6 Å². The third kappa shape index (κ3) is 7.72. The third-order valence-electron chi connectivity index (χ3n) is 7.25. The van der Waals surface area contributed by atoms with Gasteiger partial charge in [0.05, 0.1) is 6.07 Å². The number of ether oxygens (including phenoxy) is 1. The van der Waals surface area contributed by atoms with E-state index < -0.39 is 69.7 Å². The molecule has 0 bridgehead atoms. The molecule has 1 aliphatic carbocycles. The maximum absolute atomic E-state index is 13.6. The average Bonchev–Trinajstić information content (AvgIpc) is 3.30. The first-order chi connectivity index (χ1) is 18.7. The van der Waals surface area contributed by atoms with Gasteiger partial charge in [0.1, 0.15) is 29.8 Å². The summed E-state index contributed by atoms with van der Waals surface area (Å²) >= 11 is 0. The van der Waals surface area contributed by atoms with Crippen molar-refractivity contribution in [2.75, 3.05) is 20.1 Å². The highest BCUT2D eigenvalue weighted by Crippen LogP contribution is 2.45. The number of hydrogen-bond donors (Lipinski definition) is 3. The van der Waals surface area contributed by atoms with Crippen LogP contribution in [0.15, 0.2) is 12.2 Å². The van der Waals surface area contributed by atoms with Gasteiger partial charge in [-0.05, 0) is 59.3 Å². The van der Waals surface area contributed by atoms with Crippen molar-refractivity contribution in [2.24, 2.45) is 5.92 Å². The van der Waals surface area contributed by atoms with Crippen LogP contribution in [0.5, 0.6) is 0 Å². The Labute approximate surface area is 235 Å². The van der Waals surface area contributed by atoms with Gasteiger partial charge in [0, 0.05) is 19.5 Å². The molecule has 40 heavy (non-hydrogen) atoms. The second kappa shape index (κ2) is 12.6. The summed E-state index contributed by atoms with van der Waals surface area (Å²) in [7, 11) is -3.14. The van der Waals surface area contributed by atoms with Crippen LogP contribution >= 0.6 is 0 Å². The number of nitriles is 1. The fourth-order valence-corrected chi connectivity index (χ4v) is 5.81. The molecule has 0 aromatic heterocycles. The van der Waals surface area contributed by atoms with Crippen molar-refractivity contribution in [3.05, 3.63) is 12.2 Å². The highest BCUT2D eigenvalue weighted by atomic mass is 32.2. The Kier molecular flexibility index (Phi) is 9.84. The molecular formula is C26H40N6O7S. The minimum absolute atomic E-state index is 0.196. The second-order valence-electron chi connectivity index (χ2n) is 11.6. The van der Waals surface area contributed by atoms with Crippen LogP contribution in [-0.2, 0) is 29.3 Å². The van der Waals surface area contributed by atoms with E-state index in [0.717, 1.165) is 12.8 Å². The summed E-state index contributed by atoms with van der Waals surface area (Å²) in [5.74, 6) is -2.29. The molecule has 3 N–H and O–H groups in total. The Morgan fingerprint density at radius 3 is 2.62 bits per heavy atom. The molecule has 13 nitrogen and oxygen atoms in total. The second-order valence-corrected chi connectivity index (χ2v) is 13.4. The number of rotatable bonds is 5. The minimum Gasteiger partial charge on any atom is -0.444 e. The highest BCUT2D eigenvalue weighted by molar-refractivity contribution is 7.87. The van der Waals surface area contributed by atoms with Crippen LogP contribution in [0.4, 0.5) is 4.79 Å². The van der Waals surface area contributed by atoms with Crippen LogP contribution in [0.2, 0.25) is 0 Å². The average molecular weight is 581 g/mol. The van der Waals surface area contributed by atoms with Crippen LogP contribution in [0, 0.1) is 17.2 Å². The summed E-state index contributed by atoms with van der Waals surface area (Å²) in [6.07, 6.45) is 7.47. The fourth-order valence-electron chi connectivity index (χ4n) is 5.01. The predicted molar refractivity (Wildman–Crippen MR) is 144 cm³/mol. The monoisotopic (exact) mass is 580 g/mol. The zero-order valence-electron chi connectivity index (χ0n) is 23.6. The van der Waals surface area contributed by atoms with E-state index in [1.807, 2.05) is 16.9 Å². The van der Waals surface area contributed by atoms with Crippen molar-refractivity contribution >= 4 is 34.0 Å². The maximum atomic E-state index is 13.6. The van der Waals surface area contributed by atoms with E-state index >= 15 is 0 Å². The SMILES string of the molecule is CN(CC#N)S(=O)(=O)NC(=O)[C@@]12C[C@@H]1/C=C\CCCCC[C@H](NC(=O)OC(C)(C)C)C(=O)N1CCC[C@H]1C(=O)N2. The molecule has 0 aromatic rings. The lowest BCUT2D eigenvalue weighted by atomic mass is 10.0. The molecule has 222 valence electrons. The number of fused-ring (bicyclic) bond motifs is 2. The Balaban J connectivity index is 1.84. The highest BCUT2D eigenvalue weighted by Gasteiger charge is 2.61. The van der Waals surface area contributed by atoms with Gasteiger partial charge in [-0.2, -0.15) is 18.0 Å². The summed E-state index contributed by atoms with van der Waals surface area (Å²) in [4.78, 5) is 54.3. The van der Waals surface area contributed by atoms with Gasteiger partial charge in [-0.15, -0.1) is 0 Å². The van der Waals surface area contributed by atoms with E-state index in [0.29, 0.717) is 43.0 Å². The fraction of sp³-hybridized carbons (Fsp3) is 0.731. The third-order valence-corrected chi connectivity index (χ3v) is 8.64. The number of hydrogen-bond acceptors (Lipinski definition) is 8. The largest absolute Gasteiger partial charge is 0.444 e. The van der Waals surface area contributed by atoms with Gasteiger partial charge in [0.25, 0.3) is 5.91 Å². The number of nitrogens with one attached hydrogen (secondary N) is 3. The van der Waals surface area contributed by atoms with E-state index in [9.17, 15) is 27.6 Å². The Morgan fingerprint density at radius 2 is 1.95 bits per heavy atom. The van der Waals surface area contributed by atoms with Gasteiger partial charge in [-0.25, -0.2) is 9.52 Å². The molecule has 4 amide bonds. The number of amides is 4. The molecule has 2 aliphatic heterocycles. The lowest BCUT2D eigenvalue weighted by Gasteiger charge is -2.30. The molecule has 0 radical (unpaired) electrons. The van der Waals surface area contributed by atoms with Gasteiger partial charge < -0.3 is 20.3 Å². The molecule has 2 fully saturated rings. The van der Waals surface area contributed by atoms with E-state index in [1.54, 1.807) is 26.8 Å². The summed E-state index contributed by atoms with van der Waals surface area (Å²) in [5.41, 5.74) is -2.25. The first-order valence-electron chi connectivity index (χ1n) is 13.6. The van der Waals surface area contributed by atoms with Crippen molar-refractivity contribution in [3.63, 3.8) is 0 Å². The summed E-state index contributed by atoms with van der Waals surface area (Å²) in [5, 5.41) is 14.3. The van der Waals surface area contributed by atoms with Crippen molar-refractivity contribution in [2.45, 2.75) is 95.4 Å².